The van der Waals surface area contributed by atoms with Gasteiger partial charge in [0.05, 0.1) is 5.88 Å². The summed E-state index contributed by atoms with van der Waals surface area (Å²) in [6.45, 7) is 0.829. The van der Waals surface area contributed by atoms with Crippen LogP contribution in [0.2, 0.25) is 0 Å². The van der Waals surface area contributed by atoms with E-state index in [1.165, 1.54) is 0 Å². The Morgan fingerprint density at radius 2 is 2.46 bits per heavy atom. The van der Waals surface area contributed by atoms with Crippen LogP contribution >= 0.6 is 11.8 Å². The summed E-state index contributed by atoms with van der Waals surface area (Å²) in [5, 5.41) is 2.69. The third-order valence-corrected chi connectivity index (χ3v) is 3.32. The zero-order chi connectivity index (χ0) is 9.26. The first kappa shape index (κ1) is 8.87. The van der Waals surface area contributed by atoms with Crippen molar-refractivity contribution < 1.29 is 9.59 Å². The molecule has 2 aliphatic rings. The first-order valence-corrected chi connectivity index (χ1v) is 5.59. The molecule has 72 valence electrons. The van der Waals surface area contributed by atoms with Gasteiger partial charge in [-0.2, -0.15) is 0 Å². The molecular weight excluding hydrogens is 188 g/mol. The van der Waals surface area contributed by atoms with Crippen LogP contribution in [0, 0.1) is 0 Å². The minimum absolute atomic E-state index is 0.00481. The molecule has 0 aromatic heterocycles. The number of rotatable bonds is 1. The Hall–Kier alpha value is -0.710. The second kappa shape index (κ2) is 3.57. The first-order chi connectivity index (χ1) is 6.27. The van der Waals surface area contributed by atoms with E-state index >= 15 is 0 Å². The van der Waals surface area contributed by atoms with Gasteiger partial charge in [-0.05, 0) is 6.42 Å². The second-order valence-electron chi connectivity index (χ2n) is 3.30. The summed E-state index contributed by atoms with van der Waals surface area (Å²) in [5.41, 5.74) is 0. The summed E-state index contributed by atoms with van der Waals surface area (Å²) < 4.78 is 0. The summed E-state index contributed by atoms with van der Waals surface area (Å²) >= 11 is 1.76. The standard InChI is InChI=1S/C8H12N2O2S/c11-7-2-1-6(9-7)8(12)10-3-4-13-5-10/h6H,1-5H2,(H,9,11). The lowest BCUT2D eigenvalue weighted by Gasteiger charge is -2.18. The van der Waals surface area contributed by atoms with E-state index in [-0.39, 0.29) is 17.9 Å². The Labute approximate surface area is 81.0 Å². The van der Waals surface area contributed by atoms with Crippen LogP contribution < -0.4 is 5.32 Å². The number of nitrogens with one attached hydrogen (secondary N) is 1. The molecular formula is C8H12N2O2S. The molecule has 2 fully saturated rings. The number of hydrogen-bond donors (Lipinski definition) is 1. The van der Waals surface area contributed by atoms with Crippen molar-refractivity contribution in [1.82, 2.24) is 10.2 Å². The summed E-state index contributed by atoms with van der Waals surface area (Å²) in [6, 6.07) is -0.244. The molecule has 0 bridgehead atoms. The molecule has 0 aromatic rings. The Morgan fingerprint density at radius 1 is 1.62 bits per heavy atom. The fraction of sp³-hybridized carbons (Fsp3) is 0.750. The smallest absolute Gasteiger partial charge is 0.245 e. The van der Waals surface area contributed by atoms with Crippen molar-refractivity contribution in [2.24, 2.45) is 0 Å². The number of hydrogen-bond acceptors (Lipinski definition) is 3. The van der Waals surface area contributed by atoms with Crippen LogP contribution in [0.1, 0.15) is 12.8 Å². The average molecular weight is 200 g/mol. The van der Waals surface area contributed by atoms with Gasteiger partial charge in [-0.3, -0.25) is 9.59 Å². The largest absolute Gasteiger partial charge is 0.344 e. The zero-order valence-electron chi connectivity index (χ0n) is 7.28. The third kappa shape index (κ3) is 1.80. The molecule has 2 rings (SSSR count). The maximum atomic E-state index is 11.7. The zero-order valence-corrected chi connectivity index (χ0v) is 8.10. The molecule has 1 N–H and O–H groups in total. The van der Waals surface area contributed by atoms with Crippen LogP contribution in [-0.2, 0) is 9.59 Å². The molecule has 5 heteroatoms. The predicted molar refractivity (Wildman–Crippen MR) is 50.2 cm³/mol. The summed E-state index contributed by atoms with van der Waals surface area (Å²) in [4.78, 5) is 24.4. The van der Waals surface area contributed by atoms with Crippen LogP contribution in [0.15, 0.2) is 0 Å². The maximum Gasteiger partial charge on any atom is 0.245 e. The first-order valence-electron chi connectivity index (χ1n) is 4.43. The molecule has 0 aromatic carbocycles. The van der Waals surface area contributed by atoms with Crippen molar-refractivity contribution in [1.29, 1.82) is 0 Å². The van der Waals surface area contributed by atoms with Gasteiger partial charge in [-0.1, -0.05) is 0 Å². The summed E-state index contributed by atoms with van der Waals surface area (Å²) in [5.74, 6) is 1.90. The van der Waals surface area contributed by atoms with Gasteiger partial charge in [0.2, 0.25) is 11.8 Å². The molecule has 2 saturated heterocycles. The highest BCUT2D eigenvalue weighted by Gasteiger charge is 2.31. The Kier molecular flexibility index (Phi) is 2.44. The van der Waals surface area contributed by atoms with Gasteiger partial charge in [0.1, 0.15) is 6.04 Å². The quantitative estimate of drug-likeness (QED) is 0.637. The molecule has 0 saturated carbocycles. The van der Waals surface area contributed by atoms with E-state index in [0.717, 1.165) is 18.2 Å². The van der Waals surface area contributed by atoms with E-state index in [0.29, 0.717) is 12.8 Å². The van der Waals surface area contributed by atoms with E-state index in [4.69, 9.17) is 0 Å². The fourth-order valence-corrected chi connectivity index (χ4v) is 2.56. The molecule has 4 nitrogen and oxygen atoms in total. The van der Waals surface area contributed by atoms with Crippen molar-refractivity contribution in [2.75, 3.05) is 18.2 Å². The predicted octanol–water partition coefficient (Wildman–Crippen LogP) is -0.202. The third-order valence-electron chi connectivity index (χ3n) is 2.36. The molecule has 1 atom stereocenters. The van der Waals surface area contributed by atoms with Gasteiger partial charge in [0.25, 0.3) is 0 Å². The lowest BCUT2D eigenvalue weighted by atomic mass is 10.2. The normalized spacial score (nSPS) is 27.8. The highest BCUT2D eigenvalue weighted by molar-refractivity contribution is 7.99. The minimum Gasteiger partial charge on any atom is -0.344 e. The molecule has 2 amide bonds. The molecule has 1 unspecified atom stereocenters. The molecule has 0 aliphatic carbocycles. The molecule has 0 spiro atoms. The number of nitrogens with zero attached hydrogens (tertiary/aromatic N) is 1. The number of carbonyl (C=O) groups excluding carboxylic acids is 2. The summed E-state index contributed by atoms with van der Waals surface area (Å²) in [7, 11) is 0. The Morgan fingerprint density at radius 3 is 3.00 bits per heavy atom. The number of carbonyl (C=O) groups is 2. The van der Waals surface area contributed by atoms with E-state index in [2.05, 4.69) is 5.32 Å². The van der Waals surface area contributed by atoms with Crippen LogP contribution in [0.4, 0.5) is 0 Å². The van der Waals surface area contributed by atoms with Gasteiger partial charge in [-0.25, -0.2) is 0 Å². The van der Waals surface area contributed by atoms with Gasteiger partial charge in [0, 0.05) is 18.7 Å². The monoisotopic (exact) mass is 200 g/mol. The number of amides is 2. The molecule has 2 heterocycles. The van der Waals surface area contributed by atoms with Crippen molar-refractivity contribution in [3.8, 4) is 0 Å². The SMILES string of the molecule is O=C1CCC(C(=O)N2CCSC2)N1. The van der Waals surface area contributed by atoms with Crippen molar-refractivity contribution in [3.63, 3.8) is 0 Å². The lowest BCUT2D eigenvalue weighted by Crippen LogP contribution is -2.43. The minimum atomic E-state index is -0.244. The highest BCUT2D eigenvalue weighted by atomic mass is 32.2. The van der Waals surface area contributed by atoms with Gasteiger partial charge < -0.3 is 10.2 Å². The average Bonchev–Trinajstić information content (AvgIpc) is 2.72. The Bertz CT molecular complexity index is 238. The fourth-order valence-electron chi connectivity index (χ4n) is 1.61. The van der Waals surface area contributed by atoms with Crippen LogP contribution in [-0.4, -0.2) is 40.9 Å². The Balaban J connectivity index is 1.92. The van der Waals surface area contributed by atoms with Crippen molar-refractivity contribution in [2.45, 2.75) is 18.9 Å². The van der Waals surface area contributed by atoms with Crippen molar-refractivity contribution >= 4 is 23.6 Å². The topological polar surface area (TPSA) is 49.4 Å². The molecule has 2 aliphatic heterocycles. The van der Waals surface area contributed by atoms with Gasteiger partial charge >= 0.3 is 0 Å². The lowest BCUT2D eigenvalue weighted by molar-refractivity contribution is -0.133. The number of thioether (sulfide) groups is 1. The van der Waals surface area contributed by atoms with E-state index in [1.54, 1.807) is 11.8 Å². The van der Waals surface area contributed by atoms with E-state index < -0.39 is 0 Å². The van der Waals surface area contributed by atoms with E-state index in [1.807, 2.05) is 4.90 Å². The second-order valence-corrected chi connectivity index (χ2v) is 4.37. The van der Waals surface area contributed by atoms with Crippen LogP contribution in [0.3, 0.4) is 0 Å². The molecule has 13 heavy (non-hydrogen) atoms. The van der Waals surface area contributed by atoms with Gasteiger partial charge in [-0.15, -0.1) is 11.8 Å². The van der Waals surface area contributed by atoms with Crippen LogP contribution in [0.5, 0.6) is 0 Å². The maximum absolute atomic E-state index is 11.7. The van der Waals surface area contributed by atoms with E-state index in [9.17, 15) is 9.59 Å². The highest BCUT2D eigenvalue weighted by Crippen LogP contribution is 2.17. The van der Waals surface area contributed by atoms with Gasteiger partial charge in [0.15, 0.2) is 0 Å². The van der Waals surface area contributed by atoms with Crippen LogP contribution in [0.25, 0.3) is 0 Å². The van der Waals surface area contributed by atoms with Crippen molar-refractivity contribution in [3.05, 3.63) is 0 Å². The molecule has 0 radical (unpaired) electrons. The summed E-state index contributed by atoms with van der Waals surface area (Å²) in [6.07, 6.45) is 1.16.